The van der Waals surface area contributed by atoms with Gasteiger partial charge in [0.1, 0.15) is 10.9 Å². The van der Waals surface area contributed by atoms with Crippen molar-refractivity contribution in [3.05, 3.63) is 53.9 Å². The van der Waals surface area contributed by atoms with Crippen LogP contribution in [0.3, 0.4) is 0 Å². The fourth-order valence-corrected chi connectivity index (χ4v) is 3.63. The lowest BCUT2D eigenvalue weighted by molar-refractivity contribution is 0.0865. The number of hydrogen-bond acceptors (Lipinski definition) is 7. The van der Waals surface area contributed by atoms with Crippen LogP contribution < -0.4 is 5.32 Å². The number of aromatic nitrogens is 3. The molecular formula is C20H22N4O4S. The molecule has 1 aliphatic carbocycles. The molecule has 0 aliphatic heterocycles. The van der Waals surface area contributed by atoms with Crippen molar-refractivity contribution in [1.82, 2.24) is 20.7 Å². The molecule has 0 saturated heterocycles. The third-order valence-electron chi connectivity index (χ3n) is 5.18. The number of nitrogens with zero attached hydrogens (tertiary/aromatic N) is 3. The van der Waals surface area contributed by atoms with E-state index in [1.807, 2.05) is 30.3 Å². The van der Waals surface area contributed by atoms with Crippen LogP contribution in [-0.4, -0.2) is 43.6 Å². The van der Waals surface area contributed by atoms with Crippen LogP contribution in [0.15, 0.2) is 45.3 Å². The van der Waals surface area contributed by atoms with Crippen LogP contribution in [-0.2, 0) is 9.52 Å². The lowest BCUT2D eigenvalue weighted by Crippen LogP contribution is -2.43. The second-order valence-corrected chi connectivity index (χ2v) is 10.3. The van der Waals surface area contributed by atoms with Gasteiger partial charge in [0.15, 0.2) is 0 Å². The molecule has 152 valence electrons. The Balaban J connectivity index is 1.33. The Morgan fingerprint density at radius 1 is 1.28 bits per heavy atom. The highest BCUT2D eigenvalue weighted by atomic mass is 32.2. The van der Waals surface area contributed by atoms with Gasteiger partial charge in [0.05, 0.1) is 0 Å². The quantitative estimate of drug-likeness (QED) is 0.617. The van der Waals surface area contributed by atoms with E-state index < -0.39 is 14.8 Å². The van der Waals surface area contributed by atoms with E-state index in [1.165, 1.54) is 0 Å². The second kappa shape index (κ2) is 7.47. The van der Waals surface area contributed by atoms with Crippen molar-refractivity contribution in [2.75, 3.05) is 6.26 Å². The molecule has 0 spiro atoms. The summed E-state index contributed by atoms with van der Waals surface area (Å²) in [4.78, 5) is 12.4. The molecule has 0 bridgehead atoms. The number of carbonyl (C=O) groups is 1. The van der Waals surface area contributed by atoms with Crippen molar-refractivity contribution in [3.63, 3.8) is 0 Å². The molecule has 1 aliphatic rings. The Hall–Kier alpha value is -2.94. The molecule has 2 unspecified atom stereocenters. The standard InChI is InChI=1S/C20H22N4O4S/c1-12(29(2,3)26)19-22-23-20(27-19)14-9-15(10-14)21-18(25)17-11-16(24-28-17)13-7-5-4-6-8-13/h4-8,11-12,14-15H,2,9-10H2,1,3H3,(H,21,25). The van der Waals surface area contributed by atoms with Gasteiger partial charge < -0.3 is 14.3 Å². The number of hydrogen-bond donors (Lipinski definition) is 1. The molecule has 2 atom stereocenters. The van der Waals surface area contributed by atoms with Gasteiger partial charge in [-0.25, -0.2) is 0 Å². The Morgan fingerprint density at radius 2 is 2.00 bits per heavy atom. The summed E-state index contributed by atoms with van der Waals surface area (Å²) in [5.74, 6) is 4.46. The Kier molecular flexibility index (Phi) is 4.99. The lowest BCUT2D eigenvalue weighted by atomic mass is 9.80. The first-order valence-electron chi connectivity index (χ1n) is 9.28. The van der Waals surface area contributed by atoms with Gasteiger partial charge in [0, 0.05) is 29.8 Å². The first kappa shape index (κ1) is 19.4. The van der Waals surface area contributed by atoms with Crippen LogP contribution in [0.1, 0.15) is 53.3 Å². The fourth-order valence-electron chi connectivity index (χ4n) is 3.11. The molecule has 1 fully saturated rings. The maximum atomic E-state index is 12.4. The molecular weight excluding hydrogens is 392 g/mol. The molecule has 8 nitrogen and oxygen atoms in total. The maximum Gasteiger partial charge on any atom is 0.290 e. The summed E-state index contributed by atoms with van der Waals surface area (Å²) < 4.78 is 22.9. The summed E-state index contributed by atoms with van der Waals surface area (Å²) in [7, 11) is -2.30. The highest BCUT2D eigenvalue weighted by Gasteiger charge is 2.36. The van der Waals surface area contributed by atoms with Gasteiger partial charge in [-0.1, -0.05) is 35.5 Å². The van der Waals surface area contributed by atoms with Gasteiger partial charge in [-0.05, 0) is 35.2 Å². The van der Waals surface area contributed by atoms with Crippen LogP contribution in [0.5, 0.6) is 0 Å². The van der Waals surface area contributed by atoms with Crippen LogP contribution >= 0.6 is 0 Å². The molecule has 2 heterocycles. The molecule has 3 aromatic rings. The molecule has 2 aromatic heterocycles. The maximum absolute atomic E-state index is 12.4. The average molecular weight is 414 g/mol. The van der Waals surface area contributed by atoms with Crippen LogP contribution in [0.2, 0.25) is 0 Å². The summed E-state index contributed by atoms with van der Waals surface area (Å²) in [5, 5.41) is 14.6. The van der Waals surface area contributed by atoms with Crippen LogP contribution in [0, 0.1) is 0 Å². The lowest BCUT2D eigenvalue weighted by Gasteiger charge is -2.33. The van der Waals surface area contributed by atoms with Crippen molar-refractivity contribution in [3.8, 4) is 11.3 Å². The van der Waals surface area contributed by atoms with E-state index in [9.17, 15) is 9.00 Å². The summed E-state index contributed by atoms with van der Waals surface area (Å²) in [5.41, 5.74) is 1.51. The zero-order valence-corrected chi connectivity index (χ0v) is 17.0. The zero-order valence-electron chi connectivity index (χ0n) is 16.2. The summed E-state index contributed by atoms with van der Waals surface area (Å²) >= 11 is 0. The van der Waals surface area contributed by atoms with Gasteiger partial charge >= 0.3 is 0 Å². The second-order valence-electron chi connectivity index (χ2n) is 7.47. The first-order valence-corrected chi connectivity index (χ1v) is 11.5. The van der Waals surface area contributed by atoms with Crippen molar-refractivity contribution < 1.29 is 17.9 Å². The topological polar surface area (TPSA) is 111 Å². The molecule has 1 amide bonds. The van der Waals surface area contributed by atoms with E-state index in [0.717, 1.165) is 5.56 Å². The molecule has 1 saturated carbocycles. The van der Waals surface area contributed by atoms with E-state index in [4.69, 9.17) is 8.94 Å². The number of benzene rings is 1. The molecule has 1 aromatic carbocycles. The van der Waals surface area contributed by atoms with E-state index >= 15 is 0 Å². The monoisotopic (exact) mass is 414 g/mol. The number of carbonyl (C=O) groups excluding carboxylic acids is 1. The van der Waals surface area contributed by atoms with Gasteiger partial charge in [0.2, 0.25) is 17.5 Å². The minimum Gasteiger partial charge on any atom is -0.424 e. The van der Waals surface area contributed by atoms with Crippen LogP contribution in [0.25, 0.3) is 11.3 Å². The van der Waals surface area contributed by atoms with Gasteiger partial charge in [-0.2, -0.15) is 0 Å². The predicted octanol–water partition coefficient (Wildman–Crippen LogP) is 2.81. The zero-order chi connectivity index (χ0) is 20.6. The van der Waals surface area contributed by atoms with E-state index in [1.54, 1.807) is 19.2 Å². The third-order valence-corrected chi connectivity index (χ3v) is 6.88. The van der Waals surface area contributed by atoms with Crippen molar-refractivity contribution in [2.24, 2.45) is 0 Å². The minimum absolute atomic E-state index is 0.00575. The molecule has 0 radical (unpaired) electrons. The van der Waals surface area contributed by atoms with E-state index in [0.29, 0.717) is 30.3 Å². The Morgan fingerprint density at radius 3 is 2.69 bits per heavy atom. The number of rotatable bonds is 6. The van der Waals surface area contributed by atoms with Gasteiger partial charge in [0.25, 0.3) is 5.91 Å². The summed E-state index contributed by atoms with van der Waals surface area (Å²) in [6, 6.07) is 11.1. The van der Waals surface area contributed by atoms with Crippen molar-refractivity contribution >= 4 is 21.3 Å². The van der Waals surface area contributed by atoms with Gasteiger partial charge in [-0.15, -0.1) is 10.2 Å². The smallest absolute Gasteiger partial charge is 0.290 e. The molecule has 9 heteroatoms. The third kappa shape index (κ3) is 4.09. The Labute approximate surface area is 168 Å². The molecule has 1 N–H and O–H groups in total. The SMILES string of the molecule is C=S(C)(=O)C(C)c1nnc(C2CC(NC(=O)c3cc(-c4ccccc4)no3)C2)o1. The number of nitrogens with one attached hydrogen (secondary N) is 1. The van der Waals surface area contributed by atoms with Crippen molar-refractivity contribution in [1.29, 1.82) is 0 Å². The summed E-state index contributed by atoms with van der Waals surface area (Å²) in [6.07, 6.45) is 2.95. The van der Waals surface area contributed by atoms with Gasteiger partial charge in [-0.3, -0.25) is 9.00 Å². The van der Waals surface area contributed by atoms with E-state index in [2.05, 4.69) is 26.5 Å². The predicted molar refractivity (Wildman–Crippen MR) is 109 cm³/mol. The molecule has 4 rings (SSSR count). The highest BCUT2D eigenvalue weighted by molar-refractivity contribution is 7.99. The summed E-state index contributed by atoms with van der Waals surface area (Å²) in [6.45, 7) is 1.76. The molecule has 29 heavy (non-hydrogen) atoms. The fraction of sp³-hybridized carbons (Fsp3) is 0.350. The van der Waals surface area contributed by atoms with Crippen LogP contribution in [0.4, 0.5) is 0 Å². The first-order chi connectivity index (χ1) is 13.8. The normalized spacial score (nSPS) is 21.7. The van der Waals surface area contributed by atoms with Crippen molar-refractivity contribution in [2.45, 2.75) is 37.0 Å². The number of amides is 1. The Bertz CT molecular complexity index is 1110. The average Bonchev–Trinajstić information content (AvgIpc) is 3.33. The largest absolute Gasteiger partial charge is 0.424 e. The minimum atomic E-state index is -2.30. The van der Waals surface area contributed by atoms with E-state index in [-0.39, 0.29) is 23.6 Å². The highest BCUT2D eigenvalue weighted by Crippen LogP contribution is 2.37.